The number of anilines is 2. The van der Waals surface area contributed by atoms with Gasteiger partial charge in [0, 0.05) is 17.5 Å². The molecule has 1 aliphatic carbocycles. The van der Waals surface area contributed by atoms with Crippen LogP contribution >= 0.6 is 34.5 Å². The molecule has 4 N–H and O–H groups in total. The van der Waals surface area contributed by atoms with Gasteiger partial charge in [0.2, 0.25) is 5.95 Å². The van der Waals surface area contributed by atoms with Gasteiger partial charge >= 0.3 is 0 Å². The lowest BCUT2D eigenvalue weighted by molar-refractivity contribution is -0.158. The van der Waals surface area contributed by atoms with E-state index in [1.54, 1.807) is 6.07 Å². The van der Waals surface area contributed by atoms with Crippen LogP contribution in [-0.2, 0) is 9.47 Å². The highest BCUT2D eigenvalue weighted by Crippen LogP contribution is 2.44. The van der Waals surface area contributed by atoms with E-state index in [0.29, 0.717) is 27.8 Å². The van der Waals surface area contributed by atoms with Gasteiger partial charge < -0.3 is 25.6 Å². The number of nitrogen functional groups attached to an aromatic ring is 1. The van der Waals surface area contributed by atoms with E-state index in [-0.39, 0.29) is 41.9 Å². The number of nitrogens with one attached hydrogen (secondary N) is 1. The summed E-state index contributed by atoms with van der Waals surface area (Å²) in [6.45, 7) is 3.75. The number of hydrogen-bond donors (Lipinski definition) is 3. The van der Waals surface area contributed by atoms with Crippen LogP contribution in [0.15, 0.2) is 18.2 Å². The van der Waals surface area contributed by atoms with Crippen LogP contribution < -0.4 is 11.1 Å². The van der Waals surface area contributed by atoms with E-state index < -0.39 is 5.79 Å². The summed E-state index contributed by atoms with van der Waals surface area (Å²) in [5.74, 6) is -0.247. The van der Waals surface area contributed by atoms with E-state index in [2.05, 4.69) is 20.3 Å². The van der Waals surface area contributed by atoms with Crippen molar-refractivity contribution in [2.24, 2.45) is 5.92 Å². The number of hydrogen-bond acceptors (Lipinski definition) is 9. The van der Waals surface area contributed by atoms with Gasteiger partial charge in [0.15, 0.2) is 5.79 Å². The minimum absolute atomic E-state index is 0.0109. The van der Waals surface area contributed by atoms with Gasteiger partial charge in [-0.1, -0.05) is 23.2 Å². The topological polar surface area (TPSA) is 115 Å². The second-order valence-corrected chi connectivity index (χ2v) is 10.0. The Morgan fingerprint density at radius 2 is 2.00 bits per heavy atom. The largest absolute Gasteiger partial charge is 0.396 e. The normalized spacial score (nSPS) is 27.0. The lowest BCUT2D eigenvalue weighted by atomic mass is 10.1. The van der Waals surface area contributed by atoms with Crippen LogP contribution in [-0.4, -0.2) is 50.7 Å². The highest BCUT2D eigenvalue weighted by atomic mass is 35.5. The van der Waals surface area contributed by atoms with E-state index in [1.807, 2.05) is 26.0 Å². The van der Waals surface area contributed by atoms with Crippen molar-refractivity contribution in [1.82, 2.24) is 15.0 Å². The number of fused-ring (bicyclic) bond motifs is 2. The first-order valence-electron chi connectivity index (χ1n) is 9.86. The Morgan fingerprint density at radius 1 is 1.23 bits per heavy atom. The summed E-state index contributed by atoms with van der Waals surface area (Å²) < 4.78 is 13.1. The van der Waals surface area contributed by atoms with Crippen LogP contribution in [0.3, 0.4) is 0 Å². The van der Waals surface area contributed by atoms with Crippen LogP contribution in [0.2, 0.25) is 10.2 Å². The van der Waals surface area contributed by atoms with Gasteiger partial charge in [0.25, 0.3) is 0 Å². The van der Waals surface area contributed by atoms with Gasteiger partial charge in [0.05, 0.1) is 27.9 Å². The van der Waals surface area contributed by atoms with Crippen LogP contribution in [0.25, 0.3) is 20.8 Å². The second-order valence-electron chi connectivity index (χ2n) is 8.22. The standard InChI is InChI=1S/C20H21Cl2N5O3S/c1-20(2)29-14-8(7-28)5-11(15(14)30-20)24-17-13(16(22)26-19(23)27-17)18-25-10-4-3-9(21)6-12(10)31-18/h3-4,6,8,11,14-15,28H,5,7H2,1-2H3,(H3,23,24,26,27)/t8-,11-,14-,15+/m1/s1. The maximum absolute atomic E-state index is 9.84. The zero-order chi connectivity index (χ0) is 21.9. The van der Waals surface area contributed by atoms with E-state index in [0.717, 1.165) is 10.2 Å². The summed E-state index contributed by atoms with van der Waals surface area (Å²) in [6, 6.07) is 5.35. The van der Waals surface area contributed by atoms with E-state index in [9.17, 15) is 5.11 Å². The minimum Gasteiger partial charge on any atom is -0.396 e. The number of nitrogens with zero attached hydrogens (tertiary/aromatic N) is 3. The summed E-state index contributed by atoms with van der Waals surface area (Å²) in [5.41, 5.74) is 7.27. The van der Waals surface area contributed by atoms with E-state index >= 15 is 0 Å². The maximum atomic E-state index is 9.84. The Bertz CT molecular complexity index is 1160. The van der Waals surface area contributed by atoms with Crippen molar-refractivity contribution >= 4 is 56.5 Å². The van der Waals surface area contributed by atoms with E-state index in [1.165, 1.54) is 11.3 Å². The fourth-order valence-electron chi connectivity index (χ4n) is 4.33. The molecule has 0 bridgehead atoms. The molecule has 0 spiro atoms. The molecular formula is C20H21Cl2N5O3S. The van der Waals surface area contributed by atoms with Gasteiger partial charge in [-0.05, 0) is 38.5 Å². The van der Waals surface area contributed by atoms with E-state index in [4.69, 9.17) is 38.4 Å². The Morgan fingerprint density at radius 3 is 2.77 bits per heavy atom. The molecule has 1 aromatic carbocycles. The summed E-state index contributed by atoms with van der Waals surface area (Å²) in [7, 11) is 0. The lowest BCUT2D eigenvalue weighted by Crippen LogP contribution is -2.35. The molecule has 0 unspecified atom stereocenters. The van der Waals surface area contributed by atoms with Gasteiger partial charge in [-0.3, -0.25) is 0 Å². The molecular weight excluding hydrogens is 461 g/mol. The number of halogens is 2. The van der Waals surface area contributed by atoms with Crippen LogP contribution in [0, 0.1) is 5.92 Å². The van der Waals surface area contributed by atoms with Gasteiger partial charge in [0.1, 0.15) is 22.1 Å². The number of aromatic nitrogens is 3. The third-order valence-electron chi connectivity index (χ3n) is 5.58. The zero-order valence-electron chi connectivity index (χ0n) is 16.8. The molecule has 164 valence electrons. The SMILES string of the molecule is CC1(C)O[C@@H]2[C@@H](CO)C[C@@H](Nc3nc(N)nc(Cl)c3-c3nc4ccc(Cl)cc4s3)[C@@H]2O1. The number of ether oxygens (including phenoxy) is 2. The van der Waals surface area contributed by atoms with Crippen molar-refractivity contribution in [3.05, 3.63) is 28.4 Å². The first kappa shape index (κ1) is 21.1. The molecule has 0 radical (unpaired) electrons. The maximum Gasteiger partial charge on any atom is 0.223 e. The number of rotatable bonds is 4. The van der Waals surface area contributed by atoms with Crippen LogP contribution in [0.1, 0.15) is 20.3 Å². The number of benzene rings is 1. The minimum atomic E-state index is -0.722. The predicted molar refractivity (Wildman–Crippen MR) is 122 cm³/mol. The third kappa shape index (κ3) is 3.83. The van der Waals surface area contributed by atoms with Gasteiger partial charge in [-0.2, -0.15) is 4.98 Å². The number of thiazole rings is 1. The summed E-state index contributed by atoms with van der Waals surface area (Å²) in [6.07, 6.45) is 0.197. The molecule has 1 saturated carbocycles. The summed E-state index contributed by atoms with van der Waals surface area (Å²) in [5, 5.41) is 14.8. The zero-order valence-corrected chi connectivity index (χ0v) is 19.1. The number of aliphatic hydroxyl groups is 1. The monoisotopic (exact) mass is 481 g/mol. The molecule has 5 rings (SSSR count). The molecule has 3 heterocycles. The molecule has 0 amide bonds. The second kappa shape index (κ2) is 7.68. The van der Waals surface area contributed by atoms with Crippen molar-refractivity contribution < 1.29 is 14.6 Å². The fourth-order valence-corrected chi connectivity index (χ4v) is 5.94. The quantitative estimate of drug-likeness (QED) is 0.479. The van der Waals surface area contributed by atoms with Crippen molar-refractivity contribution in [2.45, 2.75) is 44.3 Å². The predicted octanol–water partition coefficient (Wildman–Crippen LogP) is 3.96. The van der Waals surface area contributed by atoms with Crippen LogP contribution in [0.4, 0.5) is 11.8 Å². The summed E-state index contributed by atoms with van der Waals surface area (Å²) in [4.78, 5) is 13.2. The smallest absolute Gasteiger partial charge is 0.223 e. The molecule has 2 aromatic heterocycles. The average Bonchev–Trinajstić information content (AvgIpc) is 3.32. The molecule has 31 heavy (non-hydrogen) atoms. The first-order valence-corrected chi connectivity index (χ1v) is 11.4. The van der Waals surface area contributed by atoms with Crippen molar-refractivity contribution in [1.29, 1.82) is 0 Å². The van der Waals surface area contributed by atoms with Crippen molar-refractivity contribution in [3.63, 3.8) is 0 Å². The average molecular weight is 482 g/mol. The highest BCUT2D eigenvalue weighted by Gasteiger charge is 2.54. The molecule has 1 aliphatic heterocycles. The molecule has 2 aliphatic rings. The Labute approximate surface area is 192 Å². The Hall–Kier alpha value is -1.75. The lowest BCUT2D eigenvalue weighted by Gasteiger charge is -2.24. The highest BCUT2D eigenvalue weighted by molar-refractivity contribution is 7.21. The number of nitrogens with two attached hydrogens (primary N) is 1. The fraction of sp³-hybridized carbons (Fsp3) is 0.450. The molecule has 4 atom stereocenters. The van der Waals surface area contributed by atoms with Gasteiger partial charge in [-0.25, -0.2) is 9.97 Å². The Kier molecular flexibility index (Phi) is 5.23. The van der Waals surface area contributed by atoms with Crippen LogP contribution in [0.5, 0.6) is 0 Å². The first-order chi connectivity index (χ1) is 14.7. The molecule has 1 saturated heterocycles. The molecule has 2 fully saturated rings. The summed E-state index contributed by atoms with van der Waals surface area (Å²) >= 11 is 14.1. The van der Waals surface area contributed by atoms with Crippen molar-refractivity contribution in [3.8, 4) is 10.6 Å². The molecule has 8 nitrogen and oxygen atoms in total. The van der Waals surface area contributed by atoms with Crippen molar-refractivity contribution in [2.75, 3.05) is 17.7 Å². The third-order valence-corrected chi connectivity index (χ3v) is 7.13. The Balaban J connectivity index is 1.54. The molecule has 11 heteroatoms. The molecule has 3 aromatic rings. The number of aliphatic hydroxyl groups excluding tert-OH is 1. The van der Waals surface area contributed by atoms with Gasteiger partial charge in [-0.15, -0.1) is 11.3 Å².